The lowest BCUT2D eigenvalue weighted by Crippen LogP contribution is -2.41. The number of aromatic nitrogens is 2. The van der Waals surface area contributed by atoms with Crippen LogP contribution in [0.25, 0.3) is 0 Å². The molecule has 0 aliphatic carbocycles. The molecule has 1 aromatic heterocycles. The monoisotopic (exact) mass is 394 g/mol. The Kier molecular flexibility index (Phi) is 6.09. The van der Waals surface area contributed by atoms with Crippen LogP contribution in [0.5, 0.6) is 0 Å². The van der Waals surface area contributed by atoms with Crippen molar-refractivity contribution in [3.8, 4) is 0 Å². The number of aryl methyl sites for hydroxylation is 1. The molecule has 0 amide bonds. The molecule has 0 N–H and O–H groups in total. The average Bonchev–Trinajstić information content (AvgIpc) is 2.74. The van der Waals surface area contributed by atoms with E-state index >= 15 is 0 Å². The van der Waals surface area contributed by atoms with Gasteiger partial charge in [0.1, 0.15) is 11.6 Å². The van der Waals surface area contributed by atoms with Gasteiger partial charge in [-0.1, -0.05) is 30.3 Å². The van der Waals surface area contributed by atoms with Crippen molar-refractivity contribution in [2.24, 2.45) is 5.92 Å². The van der Waals surface area contributed by atoms with Crippen LogP contribution in [-0.4, -0.2) is 47.1 Å². The maximum Gasteiger partial charge on any atom is 0.310 e. The van der Waals surface area contributed by atoms with Crippen LogP contribution in [0.15, 0.2) is 30.3 Å². The van der Waals surface area contributed by atoms with Gasteiger partial charge < -0.3 is 9.64 Å². The summed E-state index contributed by atoms with van der Waals surface area (Å²) in [6.45, 7) is 8.67. The lowest BCUT2D eigenvalue weighted by atomic mass is 9.96. The number of rotatable bonds is 5. The zero-order chi connectivity index (χ0) is 20.2. The normalized spacial score (nSPS) is 19.7. The molecule has 0 saturated carbocycles. The fraction of sp³-hybridized carbons (Fsp3) is 0.522. The zero-order valence-electron chi connectivity index (χ0n) is 17.4. The third-order valence-electron chi connectivity index (χ3n) is 5.82. The molecule has 1 saturated heterocycles. The van der Waals surface area contributed by atoms with E-state index in [2.05, 4.69) is 40.1 Å². The molecule has 154 valence electrons. The minimum absolute atomic E-state index is 0.0622. The summed E-state index contributed by atoms with van der Waals surface area (Å²) in [6, 6.07) is 10.6. The number of fused-ring (bicyclic) bond motifs is 1. The highest BCUT2D eigenvalue weighted by molar-refractivity contribution is 5.73. The van der Waals surface area contributed by atoms with E-state index in [0.29, 0.717) is 13.2 Å². The first-order chi connectivity index (χ1) is 14.1. The van der Waals surface area contributed by atoms with Gasteiger partial charge in [-0.15, -0.1) is 0 Å². The highest BCUT2D eigenvalue weighted by Gasteiger charge is 2.31. The summed E-state index contributed by atoms with van der Waals surface area (Å²) in [7, 11) is 0. The Morgan fingerprint density at radius 3 is 2.83 bits per heavy atom. The first kappa shape index (κ1) is 19.8. The molecule has 29 heavy (non-hydrogen) atoms. The number of hydrogen-bond donors (Lipinski definition) is 0. The number of piperidine rings is 1. The van der Waals surface area contributed by atoms with Crippen LogP contribution in [0.4, 0.5) is 5.82 Å². The summed E-state index contributed by atoms with van der Waals surface area (Å²) in [6.07, 6.45) is 2.83. The fourth-order valence-electron chi connectivity index (χ4n) is 4.45. The van der Waals surface area contributed by atoms with Gasteiger partial charge in [0.15, 0.2) is 0 Å². The lowest BCUT2D eigenvalue weighted by molar-refractivity contribution is -0.148. The van der Waals surface area contributed by atoms with E-state index in [1.807, 2.05) is 13.8 Å². The van der Waals surface area contributed by atoms with Crippen molar-refractivity contribution >= 4 is 11.8 Å². The van der Waals surface area contributed by atoms with E-state index < -0.39 is 0 Å². The minimum atomic E-state index is -0.0779. The van der Waals surface area contributed by atoms with Gasteiger partial charge in [-0.3, -0.25) is 9.69 Å². The second kappa shape index (κ2) is 8.91. The number of carbonyl (C=O) groups excluding carboxylic acids is 1. The average molecular weight is 395 g/mol. The summed E-state index contributed by atoms with van der Waals surface area (Å²) < 4.78 is 5.27. The molecule has 1 atom stereocenters. The minimum Gasteiger partial charge on any atom is -0.466 e. The highest BCUT2D eigenvalue weighted by atomic mass is 16.5. The van der Waals surface area contributed by atoms with Gasteiger partial charge >= 0.3 is 5.97 Å². The standard InChI is InChI=1S/C23H30N4O2/c1-3-29-23(28)19-10-7-12-27(15-19)22-20-11-13-26(14-18-8-5-4-6-9-18)16-21(20)24-17(2)25-22/h4-6,8-9,19H,3,7,10-16H2,1-2H3. The molecule has 2 aliphatic rings. The molecule has 0 bridgehead atoms. The van der Waals surface area contributed by atoms with Gasteiger partial charge in [0.05, 0.1) is 18.2 Å². The third kappa shape index (κ3) is 4.58. The number of esters is 1. The van der Waals surface area contributed by atoms with Crippen molar-refractivity contribution in [1.82, 2.24) is 14.9 Å². The first-order valence-electron chi connectivity index (χ1n) is 10.7. The summed E-state index contributed by atoms with van der Waals surface area (Å²) in [5.41, 5.74) is 3.72. The molecule has 6 nitrogen and oxygen atoms in total. The van der Waals surface area contributed by atoms with Gasteiger partial charge in [-0.2, -0.15) is 0 Å². The Balaban J connectivity index is 1.52. The molecule has 3 heterocycles. The van der Waals surface area contributed by atoms with E-state index in [4.69, 9.17) is 14.7 Å². The van der Waals surface area contributed by atoms with Crippen LogP contribution >= 0.6 is 0 Å². The molecular weight excluding hydrogens is 364 g/mol. The Hall–Kier alpha value is -2.47. The van der Waals surface area contributed by atoms with Crippen molar-refractivity contribution in [3.63, 3.8) is 0 Å². The van der Waals surface area contributed by atoms with E-state index in [0.717, 1.165) is 62.8 Å². The smallest absolute Gasteiger partial charge is 0.310 e. The van der Waals surface area contributed by atoms with Crippen molar-refractivity contribution in [1.29, 1.82) is 0 Å². The SMILES string of the molecule is CCOC(=O)C1CCCN(c2nc(C)nc3c2CCN(Cc2ccccc2)C3)C1. The Bertz CT molecular complexity index is 855. The molecule has 4 rings (SSSR count). The third-order valence-corrected chi connectivity index (χ3v) is 5.82. The van der Waals surface area contributed by atoms with Crippen LogP contribution in [0, 0.1) is 12.8 Å². The number of ether oxygens (including phenoxy) is 1. The first-order valence-corrected chi connectivity index (χ1v) is 10.7. The maximum atomic E-state index is 12.3. The predicted molar refractivity (Wildman–Crippen MR) is 113 cm³/mol. The summed E-state index contributed by atoms with van der Waals surface area (Å²) in [4.78, 5) is 26.6. The molecule has 2 aromatic rings. The number of hydrogen-bond acceptors (Lipinski definition) is 6. The van der Waals surface area contributed by atoms with Crippen LogP contribution in [0.2, 0.25) is 0 Å². The molecule has 2 aliphatic heterocycles. The van der Waals surface area contributed by atoms with Gasteiger partial charge in [0.25, 0.3) is 0 Å². The second-order valence-electron chi connectivity index (χ2n) is 8.00. The summed E-state index contributed by atoms with van der Waals surface area (Å²) >= 11 is 0. The lowest BCUT2D eigenvalue weighted by Gasteiger charge is -2.36. The maximum absolute atomic E-state index is 12.3. The van der Waals surface area contributed by atoms with Gasteiger partial charge in [-0.05, 0) is 38.7 Å². The molecule has 1 fully saturated rings. The van der Waals surface area contributed by atoms with Crippen LogP contribution in [0.1, 0.15) is 42.4 Å². The van der Waals surface area contributed by atoms with E-state index in [1.165, 1.54) is 11.1 Å². The number of benzene rings is 1. The van der Waals surface area contributed by atoms with E-state index in [1.54, 1.807) is 0 Å². The number of carbonyl (C=O) groups is 1. The van der Waals surface area contributed by atoms with Gasteiger partial charge in [0, 0.05) is 38.3 Å². The van der Waals surface area contributed by atoms with Gasteiger partial charge in [0.2, 0.25) is 0 Å². The predicted octanol–water partition coefficient (Wildman–Crippen LogP) is 3.12. The van der Waals surface area contributed by atoms with E-state index in [9.17, 15) is 4.79 Å². The van der Waals surface area contributed by atoms with Crippen molar-refractivity contribution in [2.75, 3.05) is 31.1 Å². The molecular formula is C23H30N4O2. The van der Waals surface area contributed by atoms with Gasteiger partial charge in [-0.25, -0.2) is 9.97 Å². The molecule has 0 radical (unpaired) electrons. The molecule has 6 heteroatoms. The molecule has 1 unspecified atom stereocenters. The molecule has 0 spiro atoms. The topological polar surface area (TPSA) is 58.6 Å². The largest absolute Gasteiger partial charge is 0.466 e. The van der Waals surface area contributed by atoms with Crippen LogP contribution in [0.3, 0.4) is 0 Å². The summed E-state index contributed by atoms with van der Waals surface area (Å²) in [5, 5.41) is 0. The Morgan fingerprint density at radius 2 is 2.03 bits per heavy atom. The van der Waals surface area contributed by atoms with Crippen molar-refractivity contribution < 1.29 is 9.53 Å². The second-order valence-corrected chi connectivity index (χ2v) is 8.00. The van der Waals surface area contributed by atoms with E-state index in [-0.39, 0.29) is 11.9 Å². The summed E-state index contributed by atoms with van der Waals surface area (Å²) in [5.74, 6) is 1.69. The van der Waals surface area contributed by atoms with Crippen LogP contribution in [-0.2, 0) is 29.0 Å². The Labute approximate surface area is 172 Å². The number of nitrogens with zero attached hydrogens (tertiary/aromatic N) is 4. The van der Waals surface area contributed by atoms with Crippen molar-refractivity contribution in [3.05, 3.63) is 53.0 Å². The fourth-order valence-corrected chi connectivity index (χ4v) is 4.45. The molecule has 1 aromatic carbocycles. The van der Waals surface area contributed by atoms with Crippen molar-refractivity contribution in [2.45, 2.75) is 46.2 Å². The number of anilines is 1. The quantitative estimate of drug-likeness (QED) is 0.727. The Morgan fingerprint density at radius 1 is 1.21 bits per heavy atom. The highest BCUT2D eigenvalue weighted by Crippen LogP contribution is 2.30. The zero-order valence-corrected chi connectivity index (χ0v) is 17.4. The van der Waals surface area contributed by atoms with Crippen LogP contribution < -0.4 is 4.90 Å².